The van der Waals surface area contributed by atoms with Gasteiger partial charge in [0.1, 0.15) is 5.82 Å². The molecule has 7 nitrogen and oxygen atoms in total. The molecule has 0 radical (unpaired) electrons. The van der Waals surface area contributed by atoms with Gasteiger partial charge in [-0.1, -0.05) is 0 Å². The first-order valence-corrected chi connectivity index (χ1v) is 7.17. The summed E-state index contributed by atoms with van der Waals surface area (Å²) in [4.78, 5) is 25.6. The molecule has 3 aromatic heterocycles. The Hall–Kier alpha value is -2.67. The minimum atomic E-state index is -0.103. The molecular formula is C15H15N5O2. The molecule has 0 saturated carbocycles. The Morgan fingerprint density at radius 3 is 2.82 bits per heavy atom. The lowest BCUT2D eigenvalue weighted by atomic mass is 10.3. The summed E-state index contributed by atoms with van der Waals surface area (Å²) in [5.41, 5.74) is 0.714. The number of aromatic amines is 1. The van der Waals surface area contributed by atoms with Gasteiger partial charge in [0.25, 0.3) is 5.56 Å². The quantitative estimate of drug-likeness (QED) is 0.762. The minimum Gasteiger partial charge on any atom is -0.378 e. The fourth-order valence-electron chi connectivity index (χ4n) is 2.69. The number of aromatic nitrogens is 4. The predicted molar refractivity (Wildman–Crippen MR) is 82.5 cm³/mol. The molecule has 1 N–H and O–H groups in total. The van der Waals surface area contributed by atoms with Crippen LogP contribution in [0.2, 0.25) is 0 Å². The fourth-order valence-corrected chi connectivity index (χ4v) is 2.69. The van der Waals surface area contributed by atoms with Crippen LogP contribution in [0.5, 0.6) is 0 Å². The summed E-state index contributed by atoms with van der Waals surface area (Å²) in [6.45, 7) is 3.02. The molecule has 0 spiro atoms. The van der Waals surface area contributed by atoms with Crippen LogP contribution >= 0.6 is 0 Å². The van der Waals surface area contributed by atoms with E-state index >= 15 is 0 Å². The van der Waals surface area contributed by atoms with Crippen molar-refractivity contribution in [2.45, 2.75) is 0 Å². The van der Waals surface area contributed by atoms with Gasteiger partial charge in [0.05, 0.1) is 36.5 Å². The number of ether oxygens (including phenoxy) is 1. The van der Waals surface area contributed by atoms with Crippen molar-refractivity contribution in [2.24, 2.45) is 0 Å². The van der Waals surface area contributed by atoms with Crippen LogP contribution in [0.3, 0.4) is 0 Å². The van der Waals surface area contributed by atoms with Gasteiger partial charge < -0.3 is 14.6 Å². The summed E-state index contributed by atoms with van der Waals surface area (Å²) >= 11 is 0. The lowest BCUT2D eigenvalue weighted by molar-refractivity contribution is 0.122. The molecule has 0 aliphatic carbocycles. The Morgan fingerprint density at radius 1 is 1.14 bits per heavy atom. The molecule has 3 aromatic rings. The van der Waals surface area contributed by atoms with E-state index in [1.165, 1.54) is 0 Å². The standard InChI is InChI=1S/C15H15N5O2/c21-15-11-2-4-20(12(11)1-3-17-15)14-10-16-9-13(18-14)19-5-7-22-8-6-19/h1-4,9-10H,5-8H2,(H,17,21). The molecule has 4 rings (SSSR count). The van der Waals surface area contributed by atoms with Gasteiger partial charge in [-0.2, -0.15) is 0 Å². The highest BCUT2D eigenvalue weighted by Crippen LogP contribution is 2.18. The van der Waals surface area contributed by atoms with Crippen molar-refractivity contribution in [3.63, 3.8) is 0 Å². The van der Waals surface area contributed by atoms with Gasteiger partial charge >= 0.3 is 0 Å². The third-order valence-electron chi connectivity index (χ3n) is 3.82. The number of pyridine rings is 1. The summed E-state index contributed by atoms with van der Waals surface area (Å²) in [6.07, 6.45) is 6.94. The zero-order valence-corrected chi connectivity index (χ0v) is 11.9. The third-order valence-corrected chi connectivity index (χ3v) is 3.82. The van der Waals surface area contributed by atoms with Gasteiger partial charge in [-0.25, -0.2) is 4.98 Å². The van der Waals surface area contributed by atoms with Crippen LogP contribution in [0.4, 0.5) is 5.82 Å². The van der Waals surface area contributed by atoms with E-state index < -0.39 is 0 Å². The molecule has 0 aromatic carbocycles. The Morgan fingerprint density at radius 2 is 1.95 bits per heavy atom. The first-order chi connectivity index (χ1) is 10.8. The Labute approximate surface area is 126 Å². The van der Waals surface area contributed by atoms with Crippen molar-refractivity contribution >= 4 is 16.7 Å². The van der Waals surface area contributed by atoms with Crippen LogP contribution in [-0.4, -0.2) is 45.8 Å². The van der Waals surface area contributed by atoms with Crippen LogP contribution in [-0.2, 0) is 4.74 Å². The van der Waals surface area contributed by atoms with Crippen LogP contribution < -0.4 is 10.5 Å². The second-order valence-electron chi connectivity index (χ2n) is 5.13. The maximum absolute atomic E-state index is 11.8. The molecule has 1 aliphatic rings. The van der Waals surface area contributed by atoms with Crippen molar-refractivity contribution in [1.82, 2.24) is 19.5 Å². The van der Waals surface area contributed by atoms with Crippen molar-refractivity contribution in [1.29, 1.82) is 0 Å². The topological polar surface area (TPSA) is 76.0 Å². The van der Waals surface area contributed by atoms with Crippen LogP contribution in [0.15, 0.2) is 41.7 Å². The molecule has 22 heavy (non-hydrogen) atoms. The molecular weight excluding hydrogens is 282 g/mol. The monoisotopic (exact) mass is 297 g/mol. The maximum Gasteiger partial charge on any atom is 0.257 e. The molecule has 112 valence electrons. The van der Waals surface area contributed by atoms with E-state index in [2.05, 4.69) is 19.9 Å². The van der Waals surface area contributed by atoms with E-state index in [-0.39, 0.29) is 5.56 Å². The third kappa shape index (κ3) is 2.15. The predicted octanol–water partition coefficient (Wildman–Crippen LogP) is 0.945. The average molecular weight is 297 g/mol. The number of anilines is 1. The van der Waals surface area contributed by atoms with Gasteiger partial charge in [0.15, 0.2) is 5.82 Å². The largest absolute Gasteiger partial charge is 0.378 e. The molecule has 1 aliphatic heterocycles. The number of hydrogen-bond donors (Lipinski definition) is 1. The average Bonchev–Trinajstić information content (AvgIpc) is 3.01. The lowest BCUT2D eigenvalue weighted by Gasteiger charge is -2.27. The molecule has 0 bridgehead atoms. The van der Waals surface area contributed by atoms with E-state index in [1.807, 2.05) is 16.8 Å². The number of fused-ring (bicyclic) bond motifs is 1. The SMILES string of the molecule is O=c1[nH]ccc2c1ccn2-c1cncc(N2CCOCC2)n1. The zero-order valence-electron chi connectivity index (χ0n) is 11.9. The molecule has 4 heterocycles. The molecule has 7 heteroatoms. The maximum atomic E-state index is 11.8. The molecule has 1 fully saturated rings. The van der Waals surface area contributed by atoms with Crippen molar-refractivity contribution in [3.8, 4) is 5.82 Å². The number of nitrogens with zero attached hydrogens (tertiary/aromatic N) is 4. The molecule has 1 saturated heterocycles. The summed E-state index contributed by atoms with van der Waals surface area (Å²) in [5.74, 6) is 1.53. The van der Waals surface area contributed by atoms with E-state index in [0.29, 0.717) is 24.4 Å². The highest BCUT2D eigenvalue weighted by atomic mass is 16.5. The molecule has 0 unspecified atom stereocenters. The zero-order chi connectivity index (χ0) is 14.9. The van der Waals surface area contributed by atoms with E-state index in [9.17, 15) is 4.79 Å². The summed E-state index contributed by atoms with van der Waals surface area (Å²) in [6, 6.07) is 3.65. The molecule has 0 amide bonds. The van der Waals surface area contributed by atoms with Crippen LogP contribution in [0, 0.1) is 0 Å². The summed E-state index contributed by atoms with van der Waals surface area (Å²) in [7, 11) is 0. The van der Waals surface area contributed by atoms with Gasteiger partial charge in [-0.15, -0.1) is 0 Å². The smallest absolute Gasteiger partial charge is 0.257 e. The first kappa shape index (κ1) is 13.0. The normalized spacial score (nSPS) is 15.4. The van der Waals surface area contributed by atoms with E-state index in [1.54, 1.807) is 24.7 Å². The van der Waals surface area contributed by atoms with Crippen molar-refractivity contribution in [3.05, 3.63) is 47.3 Å². The van der Waals surface area contributed by atoms with E-state index in [4.69, 9.17) is 4.74 Å². The van der Waals surface area contributed by atoms with Gasteiger partial charge in [0.2, 0.25) is 0 Å². The Bertz CT molecular complexity index is 863. The number of morpholine rings is 1. The van der Waals surface area contributed by atoms with Crippen LogP contribution in [0.1, 0.15) is 0 Å². The Balaban J connectivity index is 1.78. The number of rotatable bonds is 2. The second kappa shape index (κ2) is 5.27. The highest BCUT2D eigenvalue weighted by Gasteiger charge is 2.14. The van der Waals surface area contributed by atoms with Gasteiger partial charge in [0, 0.05) is 25.5 Å². The minimum absolute atomic E-state index is 0.103. The van der Waals surface area contributed by atoms with E-state index in [0.717, 1.165) is 24.4 Å². The highest BCUT2D eigenvalue weighted by molar-refractivity contribution is 5.80. The Kier molecular flexibility index (Phi) is 3.12. The number of H-pyrrole nitrogens is 1. The van der Waals surface area contributed by atoms with Crippen molar-refractivity contribution < 1.29 is 4.74 Å². The fraction of sp³-hybridized carbons (Fsp3) is 0.267. The second-order valence-corrected chi connectivity index (χ2v) is 5.13. The van der Waals surface area contributed by atoms with Crippen molar-refractivity contribution in [2.75, 3.05) is 31.2 Å². The lowest BCUT2D eigenvalue weighted by Crippen LogP contribution is -2.36. The summed E-state index contributed by atoms with van der Waals surface area (Å²) < 4.78 is 7.24. The van der Waals surface area contributed by atoms with Crippen LogP contribution in [0.25, 0.3) is 16.7 Å². The van der Waals surface area contributed by atoms with Gasteiger partial charge in [-0.3, -0.25) is 14.3 Å². The number of hydrogen-bond acceptors (Lipinski definition) is 5. The number of nitrogens with one attached hydrogen (secondary N) is 1. The molecule has 0 atom stereocenters. The summed E-state index contributed by atoms with van der Waals surface area (Å²) in [5, 5.41) is 0.640. The first-order valence-electron chi connectivity index (χ1n) is 7.17. The van der Waals surface area contributed by atoms with Gasteiger partial charge in [-0.05, 0) is 12.1 Å².